The summed E-state index contributed by atoms with van der Waals surface area (Å²) in [6, 6.07) is 15.6. The first-order chi connectivity index (χ1) is 13.2. The van der Waals surface area contributed by atoms with Gasteiger partial charge in [-0.1, -0.05) is 42.1 Å². The van der Waals surface area contributed by atoms with Crippen molar-refractivity contribution in [3.05, 3.63) is 78.0 Å². The highest BCUT2D eigenvalue weighted by Crippen LogP contribution is 2.28. The molecule has 7 heteroatoms. The van der Waals surface area contributed by atoms with Gasteiger partial charge in [-0.05, 0) is 23.8 Å². The molecule has 2 heterocycles. The van der Waals surface area contributed by atoms with Crippen LogP contribution in [-0.2, 0) is 17.0 Å². The fraction of sp³-hybridized carbons (Fsp3) is 0.150. The van der Waals surface area contributed by atoms with E-state index in [1.54, 1.807) is 30.1 Å². The second-order valence-electron chi connectivity index (χ2n) is 5.92. The van der Waals surface area contributed by atoms with E-state index >= 15 is 0 Å². The van der Waals surface area contributed by atoms with Gasteiger partial charge < -0.3 is 13.7 Å². The van der Waals surface area contributed by atoms with Crippen molar-refractivity contribution in [1.29, 1.82) is 0 Å². The third-order valence-corrected chi connectivity index (χ3v) is 5.19. The maximum absolute atomic E-state index is 11.9. The number of thioether (sulfide) groups is 1. The summed E-state index contributed by atoms with van der Waals surface area (Å²) in [5, 5.41) is 0.854. The van der Waals surface area contributed by atoms with Gasteiger partial charge in [0.05, 0.1) is 36.4 Å². The number of methoxy groups -OCH3 is 1. The first kappa shape index (κ1) is 17.4. The molecule has 0 aliphatic heterocycles. The van der Waals surface area contributed by atoms with Gasteiger partial charge in [-0.3, -0.25) is 0 Å². The standard InChI is InChI=1S/C20H17N3O3S/c1-25-19(24)15-7-8-17-18(9-15)23(11-16-10-21-13-26-16)20(22-17)27-12-14-5-3-2-4-6-14/h2-10,13H,11-12H2,1H3. The largest absolute Gasteiger partial charge is 0.465 e. The third kappa shape index (κ3) is 3.73. The maximum atomic E-state index is 11.9. The zero-order valence-electron chi connectivity index (χ0n) is 14.7. The summed E-state index contributed by atoms with van der Waals surface area (Å²) >= 11 is 1.64. The number of nitrogens with zero attached hydrogens (tertiary/aromatic N) is 3. The second kappa shape index (κ2) is 7.67. The van der Waals surface area contributed by atoms with Gasteiger partial charge in [0.1, 0.15) is 5.76 Å². The molecule has 0 radical (unpaired) electrons. The number of ether oxygens (including phenoxy) is 1. The first-order valence-corrected chi connectivity index (χ1v) is 9.36. The van der Waals surface area contributed by atoms with Crippen LogP contribution in [0.25, 0.3) is 11.0 Å². The molecule has 0 spiro atoms. The van der Waals surface area contributed by atoms with E-state index in [2.05, 4.69) is 17.1 Å². The smallest absolute Gasteiger partial charge is 0.337 e. The number of aromatic nitrogens is 3. The van der Waals surface area contributed by atoms with Crippen molar-refractivity contribution in [2.45, 2.75) is 17.5 Å². The molecule has 0 fully saturated rings. The zero-order chi connectivity index (χ0) is 18.6. The molecule has 0 bridgehead atoms. The van der Waals surface area contributed by atoms with E-state index in [9.17, 15) is 4.79 Å². The quantitative estimate of drug-likeness (QED) is 0.370. The number of hydrogen-bond donors (Lipinski definition) is 0. The zero-order valence-corrected chi connectivity index (χ0v) is 15.5. The van der Waals surface area contributed by atoms with Gasteiger partial charge in [-0.25, -0.2) is 14.8 Å². The van der Waals surface area contributed by atoms with Crippen LogP contribution in [0.1, 0.15) is 21.7 Å². The molecule has 0 unspecified atom stereocenters. The summed E-state index contributed by atoms with van der Waals surface area (Å²) in [7, 11) is 1.37. The second-order valence-corrected chi connectivity index (χ2v) is 6.86. The molecule has 2 aromatic carbocycles. The number of carbonyl (C=O) groups is 1. The van der Waals surface area contributed by atoms with Crippen LogP contribution in [0.15, 0.2) is 70.7 Å². The molecule has 0 aliphatic carbocycles. The van der Waals surface area contributed by atoms with E-state index in [1.165, 1.54) is 19.1 Å². The summed E-state index contributed by atoms with van der Waals surface area (Å²) in [6.07, 6.45) is 3.09. The molecule has 4 rings (SSSR count). The lowest BCUT2D eigenvalue weighted by Gasteiger charge is -2.08. The van der Waals surface area contributed by atoms with Crippen LogP contribution < -0.4 is 0 Å². The van der Waals surface area contributed by atoms with Gasteiger partial charge in [-0.2, -0.15) is 0 Å². The Bertz CT molecular complexity index is 1060. The number of hydrogen-bond acceptors (Lipinski definition) is 6. The van der Waals surface area contributed by atoms with E-state index in [0.717, 1.165) is 27.7 Å². The summed E-state index contributed by atoms with van der Waals surface area (Å²) in [4.78, 5) is 20.6. The predicted octanol–water partition coefficient (Wildman–Crippen LogP) is 4.15. The van der Waals surface area contributed by atoms with Crippen LogP contribution in [0.3, 0.4) is 0 Å². The van der Waals surface area contributed by atoms with Crippen LogP contribution in [0.2, 0.25) is 0 Å². The van der Waals surface area contributed by atoms with Crippen molar-refractivity contribution in [1.82, 2.24) is 14.5 Å². The number of fused-ring (bicyclic) bond motifs is 1. The highest BCUT2D eigenvalue weighted by atomic mass is 32.2. The predicted molar refractivity (Wildman–Crippen MR) is 103 cm³/mol. The van der Waals surface area contributed by atoms with Crippen molar-refractivity contribution in [3.8, 4) is 0 Å². The Balaban J connectivity index is 1.73. The summed E-state index contributed by atoms with van der Waals surface area (Å²) in [6.45, 7) is 0.484. The fourth-order valence-corrected chi connectivity index (χ4v) is 3.78. The molecule has 136 valence electrons. The van der Waals surface area contributed by atoms with E-state index in [1.807, 2.05) is 28.8 Å². The molecule has 4 aromatic rings. The van der Waals surface area contributed by atoms with Gasteiger partial charge >= 0.3 is 5.97 Å². The van der Waals surface area contributed by atoms with Crippen LogP contribution in [-0.4, -0.2) is 27.6 Å². The lowest BCUT2D eigenvalue weighted by Crippen LogP contribution is -2.03. The Kier molecular flexibility index (Phi) is 4.93. The Morgan fingerprint density at radius 3 is 2.81 bits per heavy atom. The average molecular weight is 379 g/mol. The summed E-state index contributed by atoms with van der Waals surface area (Å²) in [5.74, 6) is 1.15. The Morgan fingerprint density at radius 1 is 1.22 bits per heavy atom. The Labute approximate surface area is 160 Å². The van der Waals surface area contributed by atoms with Gasteiger partial charge in [0.25, 0.3) is 0 Å². The van der Waals surface area contributed by atoms with E-state index in [-0.39, 0.29) is 5.97 Å². The molecule has 2 aromatic heterocycles. The number of imidazole rings is 1. The van der Waals surface area contributed by atoms with E-state index in [4.69, 9.17) is 14.1 Å². The van der Waals surface area contributed by atoms with Crippen LogP contribution in [0.4, 0.5) is 0 Å². The van der Waals surface area contributed by atoms with E-state index < -0.39 is 0 Å². The monoisotopic (exact) mass is 379 g/mol. The van der Waals surface area contributed by atoms with Crippen molar-refractivity contribution >= 4 is 28.8 Å². The molecule has 0 atom stereocenters. The number of oxazole rings is 1. The van der Waals surface area contributed by atoms with Crippen molar-refractivity contribution in [2.24, 2.45) is 0 Å². The average Bonchev–Trinajstić information content (AvgIpc) is 3.34. The molecule has 0 saturated heterocycles. The highest BCUT2D eigenvalue weighted by Gasteiger charge is 2.16. The highest BCUT2D eigenvalue weighted by molar-refractivity contribution is 7.98. The number of benzene rings is 2. The fourth-order valence-electron chi connectivity index (χ4n) is 2.81. The topological polar surface area (TPSA) is 70.2 Å². The Morgan fingerprint density at radius 2 is 2.07 bits per heavy atom. The SMILES string of the molecule is COC(=O)c1ccc2nc(SCc3ccccc3)n(Cc3cnco3)c2c1. The van der Waals surface area contributed by atoms with Crippen molar-refractivity contribution < 1.29 is 13.9 Å². The van der Waals surface area contributed by atoms with Gasteiger partial charge in [0.2, 0.25) is 0 Å². The van der Waals surface area contributed by atoms with Crippen molar-refractivity contribution in [2.75, 3.05) is 7.11 Å². The summed E-state index contributed by atoms with van der Waals surface area (Å²) in [5.41, 5.74) is 3.38. The first-order valence-electron chi connectivity index (χ1n) is 8.37. The lowest BCUT2D eigenvalue weighted by atomic mass is 10.2. The third-order valence-electron chi connectivity index (χ3n) is 4.14. The lowest BCUT2D eigenvalue weighted by molar-refractivity contribution is 0.0601. The minimum absolute atomic E-state index is 0.372. The molecule has 0 amide bonds. The molecule has 0 N–H and O–H groups in total. The minimum Gasteiger partial charge on any atom is -0.465 e. The van der Waals surface area contributed by atoms with Crippen LogP contribution >= 0.6 is 11.8 Å². The van der Waals surface area contributed by atoms with Gasteiger partial charge in [0.15, 0.2) is 11.6 Å². The normalized spacial score (nSPS) is 11.0. The molecular formula is C20H17N3O3S. The Hall–Kier alpha value is -3.06. The molecule has 0 saturated carbocycles. The number of carbonyl (C=O) groups excluding carboxylic acids is 1. The molecule has 6 nitrogen and oxygen atoms in total. The number of esters is 1. The van der Waals surface area contributed by atoms with Crippen LogP contribution in [0, 0.1) is 0 Å². The minimum atomic E-state index is -0.372. The molecule has 0 aliphatic rings. The maximum Gasteiger partial charge on any atom is 0.337 e. The molecule has 27 heavy (non-hydrogen) atoms. The summed E-state index contributed by atoms with van der Waals surface area (Å²) < 4.78 is 12.3. The van der Waals surface area contributed by atoms with Gasteiger partial charge in [0, 0.05) is 5.75 Å². The van der Waals surface area contributed by atoms with E-state index in [0.29, 0.717) is 12.1 Å². The number of rotatable bonds is 6. The van der Waals surface area contributed by atoms with Gasteiger partial charge in [-0.15, -0.1) is 0 Å². The van der Waals surface area contributed by atoms with Crippen molar-refractivity contribution in [3.63, 3.8) is 0 Å². The van der Waals surface area contributed by atoms with Crippen LogP contribution in [0.5, 0.6) is 0 Å². The molecular weight excluding hydrogens is 362 g/mol.